The number of amides is 1. The van der Waals surface area contributed by atoms with Gasteiger partial charge in [0.05, 0.1) is 17.1 Å². The van der Waals surface area contributed by atoms with E-state index in [1.807, 2.05) is 24.3 Å². The topological polar surface area (TPSA) is 82.5 Å². The molecule has 1 saturated heterocycles. The Morgan fingerprint density at radius 3 is 2.60 bits per heavy atom. The minimum Gasteiger partial charge on any atom is -0.349 e. The van der Waals surface area contributed by atoms with Crippen molar-refractivity contribution < 1.29 is 4.79 Å². The Kier molecular flexibility index (Phi) is 4.80. The van der Waals surface area contributed by atoms with Crippen LogP contribution in [0.25, 0.3) is 16.6 Å². The average Bonchev–Trinajstić information content (AvgIpc) is 3.20. The monoisotopic (exact) mass is 401 g/mol. The Bertz CT molecular complexity index is 1250. The Morgan fingerprint density at radius 1 is 1.07 bits per heavy atom. The van der Waals surface area contributed by atoms with Crippen molar-refractivity contribution in [1.29, 1.82) is 0 Å². The fraction of sp³-hybridized carbons (Fsp3) is 0.261. The number of aromatic nitrogens is 3. The van der Waals surface area contributed by atoms with Crippen molar-refractivity contribution in [2.45, 2.75) is 25.4 Å². The van der Waals surface area contributed by atoms with Crippen LogP contribution < -0.4 is 10.9 Å². The first-order valence-electron chi connectivity index (χ1n) is 10.2. The lowest BCUT2D eigenvalue weighted by atomic mass is 10.0. The molecule has 0 bridgehead atoms. The quantitative estimate of drug-likeness (QED) is 0.551. The highest BCUT2D eigenvalue weighted by molar-refractivity contribution is 6.00. The zero-order chi connectivity index (χ0) is 20.5. The first-order valence-corrected chi connectivity index (χ1v) is 10.2. The maximum atomic E-state index is 12.9. The van der Waals surface area contributed by atoms with Gasteiger partial charge in [-0.15, -0.1) is 0 Å². The van der Waals surface area contributed by atoms with Gasteiger partial charge in [0.1, 0.15) is 11.2 Å². The van der Waals surface area contributed by atoms with E-state index in [0.717, 1.165) is 32.5 Å². The number of benzene rings is 2. The molecule has 2 aromatic carbocycles. The maximum absolute atomic E-state index is 12.9. The third-order valence-corrected chi connectivity index (χ3v) is 5.79. The standard InChI is InChI=1S/C23H23N5O2/c29-22-18-8-4-5-9-20(18)28-21(26-22)19(14-24-28)23(30)25-17-10-12-27(13-11-17)15-16-6-2-1-3-7-16/h1-9,14,17H,10-13,15H2,(H,25,30)(H,26,29). The molecular weight excluding hydrogens is 378 g/mol. The van der Waals surface area contributed by atoms with E-state index in [9.17, 15) is 9.59 Å². The summed E-state index contributed by atoms with van der Waals surface area (Å²) in [4.78, 5) is 30.5. The van der Waals surface area contributed by atoms with Gasteiger partial charge in [0, 0.05) is 25.7 Å². The van der Waals surface area contributed by atoms with Crippen molar-refractivity contribution >= 4 is 22.5 Å². The molecule has 1 amide bonds. The van der Waals surface area contributed by atoms with Gasteiger partial charge in [0.15, 0.2) is 0 Å². The van der Waals surface area contributed by atoms with Crippen molar-refractivity contribution in [2.75, 3.05) is 13.1 Å². The molecule has 5 rings (SSSR count). The number of nitrogens with one attached hydrogen (secondary N) is 2. The van der Waals surface area contributed by atoms with Crippen molar-refractivity contribution in [2.24, 2.45) is 0 Å². The van der Waals surface area contributed by atoms with Crippen LogP contribution in [0, 0.1) is 0 Å². The molecule has 30 heavy (non-hydrogen) atoms. The lowest BCUT2D eigenvalue weighted by Gasteiger charge is -2.32. The summed E-state index contributed by atoms with van der Waals surface area (Å²) in [5.74, 6) is -0.197. The zero-order valence-electron chi connectivity index (χ0n) is 16.5. The number of rotatable bonds is 4. The number of hydrogen-bond donors (Lipinski definition) is 2. The molecule has 0 unspecified atom stereocenters. The van der Waals surface area contributed by atoms with Crippen LogP contribution >= 0.6 is 0 Å². The van der Waals surface area contributed by atoms with E-state index in [1.54, 1.807) is 10.6 Å². The molecule has 0 saturated carbocycles. The minimum absolute atomic E-state index is 0.117. The van der Waals surface area contributed by atoms with Gasteiger partial charge in [-0.3, -0.25) is 14.5 Å². The van der Waals surface area contributed by atoms with E-state index in [4.69, 9.17) is 0 Å². The number of nitrogens with zero attached hydrogens (tertiary/aromatic N) is 3. The summed E-state index contributed by atoms with van der Waals surface area (Å²) in [6, 6.07) is 17.8. The summed E-state index contributed by atoms with van der Waals surface area (Å²) in [6.45, 7) is 2.82. The molecule has 1 fully saturated rings. The van der Waals surface area contributed by atoms with Gasteiger partial charge in [0.2, 0.25) is 0 Å². The summed E-state index contributed by atoms with van der Waals surface area (Å²) < 4.78 is 1.62. The summed E-state index contributed by atoms with van der Waals surface area (Å²) in [6.07, 6.45) is 3.33. The Morgan fingerprint density at radius 2 is 1.80 bits per heavy atom. The fourth-order valence-electron chi connectivity index (χ4n) is 4.18. The van der Waals surface area contributed by atoms with E-state index in [2.05, 4.69) is 44.6 Å². The molecule has 0 radical (unpaired) electrons. The molecule has 0 spiro atoms. The smallest absolute Gasteiger partial charge is 0.259 e. The highest BCUT2D eigenvalue weighted by Crippen LogP contribution is 2.17. The van der Waals surface area contributed by atoms with Crippen LogP contribution in [0.4, 0.5) is 0 Å². The summed E-state index contributed by atoms with van der Waals surface area (Å²) >= 11 is 0. The first kappa shape index (κ1) is 18.6. The molecule has 3 heterocycles. The Labute approximate surface area is 173 Å². The number of H-pyrrole nitrogens is 1. The predicted molar refractivity (Wildman–Crippen MR) is 116 cm³/mol. The number of carbonyl (C=O) groups excluding carboxylic acids is 1. The normalized spacial score (nSPS) is 15.6. The SMILES string of the molecule is O=C(NC1CCN(Cc2ccccc2)CC1)c1cnn2c1[nH]c(=O)c1ccccc12. The molecular formula is C23H23N5O2. The second-order valence-corrected chi connectivity index (χ2v) is 7.80. The van der Waals surface area contributed by atoms with Crippen molar-refractivity contribution in [1.82, 2.24) is 24.8 Å². The average molecular weight is 401 g/mol. The van der Waals surface area contributed by atoms with E-state index in [1.165, 1.54) is 11.8 Å². The number of para-hydroxylation sites is 1. The molecule has 1 aliphatic heterocycles. The van der Waals surface area contributed by atoms with Crippen LogP contribution in [0.3, 0.4) is 0 Å². The Hall–Kier alpha value is -3.45. The van der Waals surface area contributed by atoms with Gasteiger partial charge in [-0.1, -0.05) is 42.5 Å². The maximum Gasteiger partial charge on any atom is 0.259 e. The van der Waals surface area contributed by atoms with Crippen LogP contribution in [0.2, 0.25) is 0 Å². The van der Waals surface area contributed by atoms with Gasteiger partial charge in [-0.25, -0.2) is 4.52 Å². The molecule has 0 aliphatic carbocycles. The molecule has 7 heteroatoms. The summed E-state index contributed by atoms with van der Waals surface area (Å²) in [5, 5.41) is 8.01. The lowest BCUT2D eigenvalue weighted by molar-refractivity contribution is 0.0910. The number of hydrogen-bond acceptors (Lipinski definition) is 4. The van der Waals surface area contributed by atoms with Gasteiger partial charge in [-0.05, 0) is 30.5 Å². The summed E-state index contributed by atoms with van der Waals surface area (Å²) in [5.41, 5.74) is 2.59. The second kappa shape index (κ2) is 7.76. The molecule has 4 aromatic rings. The fourth-order valence-corrected chi connectivity index (χ4v) is 4.18. The number of aromatic amines is 1. The van der Waals surface area contributed by atoms with E-state index < -0.39 is 0 Å². The van der Waals surface area contributed by atoms with Gasteiger partial charge < -0.3 is 10.3 Å². The third-order valence-electron chi connectivity index (χ3n) is 5.79. The molecule has 1 aliphatic rings. The highest BCUT2D eigenvalue weighted by atomic mass is 16.2. The van der Waals surface area contributed by atoms with Gasteiger partial charge in [-0.2, -0.15) is 5.10 Å². The van der Waals surface area contributed by atoms with Gasteiger partial charge in [0.25, 0.3) is 11.5 Å². The molecule has 152 valence electrons. The molecule has 0 atom stereocenters. The zero-order valence-corrected chi connectivity index (χ0v) is 16.5. The van der Waals surface area contributed by atoms with Crippen LogP contribution in [-0.4, -0.2) is 44.5 Å². The minimum atomic E-state index is -0.220. The number of carbonyl (C=O) groups is 1. The van der Waals surface area contributed by atoms with Gasteiger partial charge >= 0.3 is 0 Å². The van der Waals surface area contributed by atoms with Crippen LogP contribution in [-0.2, 0) is 6.54 Å². The molecule has 2 N–H and O–H groups in total. The van der Waals surface area contributed by atoms with Crippen molar-refractivity contribution in [3.05, 3.63) is 82.3 Å². The summed E-state index contributed by atoms with van der Waals surface area (Å²) in [7, 11) is 0. The van der Waals surface area contributed by atoms with Crippen molar-refractivity contribution in [3.8, 4) is 0 Å². The molecule has 7 nitrogen and oxygen atoms in total. The predicted octanol–water partition coefficient (Wildman–Crippen LogP) is 2.57. The largest absolute Gasteiger partial charge is 0.349 e. The number of likely N-dealkylation sites (tertiary alicyclic amines) is 1. The van der Waals surface area contributed by atoms with Crippen molar-refractivity contribution in [3.63, 3.8) is 0 Å². The Balaban J connectivity index is 1.28. The van der Waals surface area contributed by atoms with Crippen LogP contribution in [0.1, 0.15) is 28.8 Å². The van der Waals surface area contributed by atoms with E-state index >= 15 is 0 Å². The highest BCUT2D eigenvalue weighted by Gasteiger charge is 2.23. The van der Waals surface area contributed by atoms with E-state index in [-0.39, 0.29) is 17.5 Å². The second-order valence-electron chi connectivity index (χ2n) is 7.80. The first-order chi connectivity index (χ1) is 14.7. The lowest BCUT2D eigenvalue weighted by Crippen LogP contribution is -2.44. The number of piperidine rings is 1. The van der Waals surface area contributed by atoms with E-state index in [0.29, 0.717) is 22.1 Å². The van der Waals surface area contributed by atoms with Crippen LogP contribution in [0.15, 0.2) is 65.6 Å². The third kappa shape index (κ3) is 3.48. The van der Waals surface area contributed by atoms with Crippen LogP contribution in [0.5, 0.6) is 0 Å². The number of fused-ring (bicyclic) bond motifs is 3. The molecule has 2 aromatic heterocycles.